The summed E-state index contributed by atoms with van der Waals surface area (Å²) in [5.41, 5.74) is 2.00. The molecule has 0 fully saturated rings. The summed E-state index contributed by atoms with van der Waals surface area (Å²) in [6.45, 7) is 0. The first-order valence-corrected chi connectivity index (χ1v) is 8.23. The maximum absolute atomic E-state index is 10.9. The van der Waals surface area contributed by atoms with Crippen LogP contribution in [0.1, 0.15) is 10.6 Å². The van der Waals surface area contributed by atoms with Gasteiger partial charge in [0.05, 0.1) is 15.1 Å². The number of aromatic nitrogens is 1. The quantitative estimate of drug-likeness (QED) is 0.366. The van der Waals surface area contributed by atoms with Crippen molar-refractivity contribution in [3.05, 3.63) is 81.3 Å². The number of hydrogen-bond acceptors (Lipinski definition) is 4. The van der Waals surface area contributed by atoms with Gasteiger partial charge in [-0.1, -0.05) is 48.5 Å². The van der Waals surface area contributed by atoms with E-state index in [0.717, 1.165) is 20.8 Å². The van der Waals surface area contributed by atoms with Gasteiger partial charge in [0.2, 0.25) is 0 Å². The van der Waals surface area contributed by atoms with Crippen LogP contribution in [-0.4, -0.2) is 9.91 Å². The molecule has 4 rings (SSSR count). The van der Waals surface area contributed by atoms with Gasteiger partial charge in [-0.15, -0.1) is 11.3 Å². The summed E-state index contributed by atoms with van der Waals surface area (Å²) in [6.07, 6.45) is 3.99. The zero-order chi connectivity index (χ0) is 16.5. The van der Waals surface area contributed by atoms with E-state index in [-0.39, 0.29) is 10.6 Å². The lowest BCUT2D eigenvalue weighted by atomic mass is 10.0. The first-order valence-electron chi connectivity index (χ1n) is 7.41. The average Bonchev–Trinajstić information content (AvgIpc) is 3.01. The summed E-state index contributed by atoms with van der Waals surface area (Å²) in [5, 5.41) is 14.1. The lowest BCUT2D eigenvalue weighted by molar-refractivity contribution is -0.384. The molecular formula is C19H12N2O2S. The fourth-order valence-corrected chi connectivity index (χ4v) is 3.58. The van der Waals surface area contributed by atoms with Crippen molar-refractivity contribution < 1.29 is 4.92 Å². The van der Waals surface area contributed by atoms with Gasteiger partial charge in [-0.2, -0.15) is 0 Å². The predicted octanol–water partition coefficient (Wildman–Crippen LogP) is 5.53. The third-order valence-corrected chi connectivity index (χ3v) is 4.81. The number of hydrogen-bond donors (Lipinski definition) is 0. The van der Waals surface area contributed by atoms with Crippen LogP contribution in [0.25, 0.3) is 33.1 Å². The molecule has 116 valence electrons. The maximum atomic E-state index is 10.9. The molecule has 0 saturated carbocycles. The van der Waals surface area contributed by atoms with Gasteiger partial charge in [-0.3, -0.25) is 10.1 Å². The highest BCUT2D eigenvalue weighted by atomic mass is 32.1. The van der Waals surface area contributed by atoms with E-state index in [1.807, 2.05) is 30.4 Å². The monoisotopic (exact) mass is 332 g/mol. The number of rotatable bonds is 3. The minimum absolute atomic E-state index is 0.0933. The second-order valence-corrected chi connectivity index (χ2v) is 6.43. The fraction of sp³-hybridized carbons (Fsp3) is 0. The third kappa shape index (κ3) is 2.66. The van der Waals surface area contributed by atoms with E-state index in [0.29, 0.717) is 0 Å². The van der Waals surface area contributed by atoms with Gasteiger partial charge in [0, 0.05) is 12.1 Å². The summed E-state index contributed by atoms with van der Waals surface area (Å²) >= 11 is 1.45. The molecule has 0 spiro atoms. The fourth-order valence-electron chi connectivity index (χ4n) is 2.67. The first kappa shape index (κ1) is 14.5. The summed E-state index contributed by atoms with van der Waals surface area (Å²) in [5.74, 6) is 0. The summed E-state index contributed by atoms with van der Waals surface area (Å²) in [4.78, 5) is 15.0. The lowest BCUT2D eigenvalue weighted by Crippen LogP contribution is -1.85. The van der Waals surface area contributed by atoms with Crippen molar-refractivity contribution in [2.45, 2.75) is 0 Å². The molecule has 0 radical (unpaired) electrons. The number of nitro groups is 1. The van der Waals surface area contributed by atoms with Crippen LogP contribution in [0.4, 0.5) is 5.69 Å². The summed E-state index contributed by atoms with van der Waals surface area (Å²) in [7, 11) is 0. The van der Waals surface area contributed by atoms with Crippen molar-refractivity contribution in [2.75, 3.05) is 0 Å². The highest BCUT2D eigenvalue weighted by Crippen LogP contribution is 2.28. The van der Waals surface area contributed by atoms with Crippen LogP contribution >= 0.6 is 11.3 Å². The molecule has 1 aromatic heterocycles. The molecule has 0 unspecified atom stereocenters. The van der Waals surface area contributed by atoms with Crippen LogP contribution in [0.3, 0.4) is 0 Å². The molecule has 0 atom stereocenters. The minimum atomic E-state index is -0.384. The molecule has 24 heavy (non-hydrogen) atoms. The van der Waals surface area contributed by atoms with E-state index in [1.165, 1.54) is 28.2 Å². The molecule has 4 aromatic rings. The lowest BCUT2D eigenvalue weighted by Gasteiger charge is -2.00. The zero-order valence-corrected chi connectivity index (χ0v) is 13.4. The number of thiazole rings is 1. The molecule has 4 nitrogen and oxygen atoms in total. The molecule has 0 aliphatic rings. The summed E-state index contributed by atoms with van der Waals surface area (Å²) in [6, 6.07) is 19.2. The molecule has 0 N–H and O–H groups in total. The second-order valence-electron chi connectivity index (χ2n) is 5.36. The van der Waals surface area contributed by atoms with Crippen LogP contribution in [0.2, 0.25) is 0 Å². The van der Waals surface area contributed by atoms with Crippen molar-refractivity contribution in [3.8, 4) is 0 Å². The van der Waals surface area contributed by atoms with Crippen molar-refractivity contribution in [1.82, 2.24) is 4.98 Å². The van der Waals surface area contributed by atoms with Crippen LogP contribution in [0, 0.1) is 10.1 Å². The maximum Gasteiger partial charge on any atom is 0.270 e. The van der Waals surface area contributed by atoms with Gasteiger partial charge in [-0.25, -0.2) is 4.98 Å². The standard InChI is InChI=1S/C19H12N2O2S/c22-21(23)15-9-10-17-18(12-15)24-19(20-17)11-8-14-6-3-5-13-4-1-2-7-16(13)14/h1-12H. The van der Waals surface area contributed by atoms with Gasteiger partial charge >= 0.3 is 0 Å². The van der Waals surface area contributed by atoms with Crippen LogP contribution < -0.4 is 0 Å². The Morgan fingerprint density at radius 1 is 1.00 bits per heavy atom. The number of non-ortho nitro benzene ring substituents is 1. The van der Waals surface area contributed by atoms with Crippen LogP contribution in [-0.2, 0) is 0 Å². The summed E-state index contributed by atoms with van der Waals surface area (Å²) < 4.78 is 0.821. The van der Waals surface area contributed by atoms with Crippen LogP contribution in [0.15, 0.2) is 60.7 Å². The largest absolute Gasteiger partial charge is 0.270 e. The van der Waals surface area contributed by atoms with Gasteiger partial charge in [0.1, 0.15) is 5.01 Å². The number of fused-ring (bicyclic) bond motifs is 2. The Balaban J connectivity index is 1.72. The van der Waals surface area contributed by atoms with E-state index in [9.17, 15) is 10.1 Å². The molecule has 0 aliphatic carbocycles. The number of nitrogens with zero attached hydrogens (tertiary/aromatic N) is 2. The second kappa shape index (κ2) is 5.86. The molecule has 0 bridgehead atoms. The van der Waals surface area contributed by atoms with Gasteiger partial charge in [0.25, 0.3) is 5.69 Å². The topological polar surface area (TPSA) is 56.0 Å². The van der Waals surface area contributed by atoms with Crippen molar-refractivity contribution >= 4 is 50.2 Å². The van der Waals surface area contributed by atoms with Gasteiger partial charge < -0.3 is 0 Å². The number of benzene rings is 3. The number of nitro benzene ring substituents is 1. The van der Waals surface area contributed by atoms with E-state index in [2.05, 4.69) is 29.2 Å². The normalized spacial score (nSPS) is 11.5. The van der Waals surface area contributed by atoms with Gasteiger partial charge in [-0.05, 0) is 28.5 Å². The molecule has 5 heteroatoms. The molecule has 0 saturated heterocycles. The Hall–Kier alpha value is -3.05. The Morgan fingerprint density at radius 3 is 2.71 bits per heavy atom. The minimum Gasteiger partial charge on any atom is -0.258 e. The Kier molecular flexibility index (Phi) is 3.55. The van der Waals surface area contributed by atoms with Gasteiger partial charge in [0.15, 0.2) is 0 Å². The zero-order valence-electron chi connectivity index (χ0n) is 12.5. The van der Waals surface area contributed by atoms with E-state index < -0.39 is 0 Å². The van der Waals surface area contributed by atoms with E-state index in [4.69, 9.17) is 0 Å². The molecule has 1 heterocycles. The molecular weight excluding hydrogens is 320 g/mol. The van der Waals surface area contributed by atoms with Crippen molar-refractivity contribution in [1.29, 1.82) is 0 Å². The highest BCUT2D eigenvalue weighted by Gasteiger charge is 2.09. The first-order chi connectivity index (χ1) is 11.7. The Labute approximate surface area is 141 Å². The van der Waals surface area contributed by atoms with Crippen molar-refractivity contribution in [2.24, 2.45) is 0 Å². The van der Waals surface area contributed by atoms with Crippen molar-refractivity contribution in [3.63, 3.8) is 0 Å². The average molecular weight is 332 g/mol. The van der Waals surface area contributed by atoms with E-state index >= 15 is 0 Å². The Bertz CT molecular complexity index is 1090. The third-order valence-electron chi connectivity index (χ3n) is 3.83. The van der Waals surface area contributed by atoms with Crippen LogP contribution in [0.5, 0.6) is 0 Å². The highest BCUT2D eigenvalue weighted by molar-refractivity contribution is 7.19. The SMILES string of the molecule is O=[N+]([O-])c1ccc2nc(C=Cc3cccc4ccccc34)sc2c1. The smallest absolute Gasteiger partial charge is 0.258 e. The molecule has 3 aromatic carbocycles. The predicted molar refractivity (Wildman–Crippen MR) is 99.2 cm³/mol. The molecule has 0 amide bonds. The van der Waals surface area contributed by atoms with E-state index in [1.54, 1.807) is 12.1 Å². The molecule has 0 aliphatic heterocycles. The Morgan fingerprint density at radius 2 is 1.83 bits per heavy atom.